The fourth-order valence-corrected chi connectivity index (χ4v) is 4.10. The van der Waals surface area contributed by atoms with Crippen LogP contribution < -0.4 is 21.3 Å². The van der Waals surface area contributed by atoms with Crippen LogP contribution in [0.4, 0.5) is 4.39 Å². The van der Waals surface area contributed by atoms with Crippen LogP contribution in [0.15, 0.2) is 64.8 Å². The van der Waals surface area contributed by atoms with Gasteiger partial charge < -0.3 is 14.3 Å². The van der Waals surface area contributed by atoms with Crippen LogP contribution in [-0.2, 0) is 0 Å². The molecule has 5 rings (SSSR count). The van der Waals surface area contributed by atoms with E-state index >= 15 is 0 Å². The third-order valence-electron chi connectivity index (χ3n) is 5.66. The lowest BCUT2D eigenvalue weighted by Crippen LogP contribution is -2.37. The van der Waals surface area contributed by atoms with E-state index in [1.54, 1.807) is 36.2 Å². The largest absolute Gasteiger partial charge is 0.495 e. The van der Waals surface area contributed by atoms with E-state index in [4.69, 9.17) is 4.74 Å². The number of nitrogens with one attached hydrogen (secondary N) is 1. The zero-order valence-corrected chi connectivity index (χ0v) is 17.7. The number of nitrogens with zero attached hydrogens (tertiary/aromatic N) is 4. The highest BCUT2D eigenvalue weighted by Gasteiger charge is 2.21. The predicted octanol–water partition coefficient (Wildman–Crippen LogP) is 2.26. The number of aromatic nitrogens is 4. The van der Waals surface area contributed by atoms with Crippen molar-refractivity contribution >= 4 is 6.08 Å². The number of ether oxygens (including phenoxy) is 1. The van der Waals surface area contributed by atoms with Crippen molar-refractivity contribution in [2.75, 3.05) is 13.7 Å². The SMILES string of the molecule is COc1cc(/C=c2\[nH]c3n(c2=O)[C@H](c2ccc(F)cc2)CCN=3)ccc1-n1cnc(C)c1. The summed E-state index contributed by atoms with van der Waals surface area (Å²) in [6.45, 7) is 2.52. The van der Waals surface area contributed by atoms with E-state index in [-0.39, 0.29) is 17.4 Å². The van der Waals surface area contributed by atoms with Gasteiger partial charge in [-0.3, -0.25) is 14.4 Å². The summed E-state index contributed by atoms with van der Waals surface area (Å²) >= 11 is 0. The molecule has 0 fully saturated rings. The number of benzene rings is 2. The van der Waals surface area contributed by atoms with Crippen LogP contribution >= 0.6 is 0 Å². The first-order valence-electron chi connectivity index (χ1n) is 10.3. The van der Waals surface area contributed by atoms with E-state index in [9.17, 15) is 9.18 Å². The Kier molecular flexibility index (Phi) is 4.97. The number of hydrogen-bond donors (Lipinski definition) is 1. The zero-order chi connectivity index (χ0) is 22.2. The molecular formula is C24H22FN5O2. The summed E-state index contributed by atoms with van der Waals surface area (Å²) < 4.78 is 22.5. The van der Waals surface area contributed by atoms with Crippen molar-refractivity contribution < 1.29 is 9.13 Å². The van der Waals surface area contributed by atoms with Crippen molar-refractivity contribution in [3.63, 3.8) is 0 Å². The maximum Gasteiger partial charge on any atom is 0.277 e. The van der Waals surface area contributed by atoms with Gasteiger partial charge in [0.1, 0.15) is 16.9 Å². The van der Waals surface area contributed by atoms with Crippen LogP contribution in [0.3, 0.4) is 0 Å². The van der Waals surface area contributed by atoms with E-state index in [1.807, 2.05) is 35.9 Å². The van der Waals surface area contributed by atoms with Gasteiger partial charge in [-0.25, -0.2) is 9.37 Å². The monoisotopic (exact) mass is 431 g/mol. The van der Waals surface area contributed by atoms with Gasteiger partial charge in [0.25, 0.3) is 5.56 Å². The molecule has 2 aromatic carbocycles. The maximum atomic E-state index is 13.4. The molecule has 1 atom stereocenters. The number of H-pyrrole nitrogens is 1. The lowest BCUT2D eigenvalue weighted by Gasteiger charge is -2.20. The second-order valence-electron chi connectivity index (χ2n) is 7.77. The molecule has 32 heavy (non-hydrogen) atoms. The number of aromatic amines is 1. The second kappa shape index (κ2) is 7.96. The highest BCUT2D eigenvalue weighted by Crippen LogP contribution is 2.25. The molecule has 0 saturated heterocycles. The van der Waals surface area contributed by atoms with E-state index in [0.29, 0.717) is 29.7 Å². The van der Waals surface area contributed by atoms with Crippen molar-refractivity contribution in [3.05, 3.63) is 98.9 Å². The van der Waals surface area contributed by atoms with E-state index in [2.05, 4.69) is 15.0 Å². The number of fused-ring (bicyclic) bond motifs is 1. The number of rotatable bonds is 4. The molecule has 1 aliphatic heterocycles. The first-order valence-corrected chi connectivity index (χ1v) is 10.3. The highest BCUT2D eigenvalue weighted by molar-refractivity contribution is 5.58. The van der Waals surface area contributed by atoms with E-state index in [0.717, 1.165) is 22.5 Å². The molecule has 4 aromatic rings. The molecule has 2 aromatic heterocycles. The van der Waals surface area contributed by atoms with Gasteiger partial charge >= 0.3 is 0 Å². The van der Waals surface area contributed by atoms with Crippen molar-refractivity contribution in [1.29, 1.82) is 0 Å². The van der Waals surface area contributed by atoms with E-state index < -0.39 is 0 Å². The van der Waals surface area contributed by atoms with Crippen LogP contribution in [0.5, 0.6) is 5.75 Å². The minimum atomic E-state index is -0.298. The molecule has 0 radical (unpaired) electrons. The molecule has 0 bridgehead atoms. The fraction of sp³-hybridized carbons (Fsp3) is 0.208. The molecule has 0 amide bonds. The summed E-state index contributed by atoms with van der Waals surface area (Å²) in [6.07, 6.45) is 6.13. The summed E-state index contributed by atoms with van der Waals surface area (Å²) in [7, 11) is 1.61. The third kappa shape index (κ3) is 3.53. The van der Waals surface area contributed by atoms with Gasteiger partial charge in [0.15, 0.2) is 0 Å². The minimum Gasteiger partial charge on any atom is -0.495 e. The first-order chi connectivity index (χ1) is 15.5. The summed E-state index contributed by atoms with van der Waals surface area (Å²) in [6, 6.07) is 11.8. The molecule has 1 N–H and O–H groups in total. The number of methoxy groups -OCH3 is 1. The molecule has 3 heterocycles. The van der Waals surface area contributed by atoms with Crippen molar-refractivity contribution in [1.82, 2.24) is 19.1 Å². The summed E-state index contributed by atoms with van der Waals surface area (Å²) in [4.78, 5) is 25.1. The molecule has 7 nitrogen and oxygen atoms in total. The molecule has 8 heteroatoms. The molecule has 0 spiro atoms. The summed E-state index contributed by atoms with van der Waals surface area (Å²) in [5.74, 6) is 0.370. The molecular weight excluding hydrogens is 409 g/mol. The van der Waals surface area contributed by atoms with Gasteiger partial charge in [0, 0.05) is 12.7 Å². The van der Waals surface area contributed by atoms with Gasteiger partial charge in [0.05, 0.1) is 30.9 Å². The maximum absolute atomic E-state index is 13.4. The van der Waals surface area contributed by atoms with Crippen LogP contribution in [-0.4, -0.2) is 32.8 Å². The Hall–Kier alpha value is -3.94. The normalized spacial score (nSPS) is 16.0. The van der Waals surface area contributed by atoms with Gasteiger partial charge in [-0.15, -0.1) is 0 Å². The van der Waals surface area contributed by atoms with Gasteiger partial charge in [-0.05, 0) is 54.8 Å². The summed E-state index contributed by atoms with van der Waals surface area (Å²) in [5, 5.41) is 0.436. The Morgan fingerprint density at radius 3 is 2.75 bits per heavy atom. The molecule has 0 aliphatic carbocycles. The van der Waals surface area contributed by atoms with Gasteiger partial charge in [-0.1, -0.05) is 18.2 Å². The smallest absolute Gasteiger partial charge is 0.277 e. The molecule has 0 unspecified atom stereocenters. The fourth-order valence-electron chi connectivity index (χ4n) is 4.10. The Morgan fingerprint density at radius 2 is 2.03 bits per heavy atom. The van der Waals surface area contributed by atoms with Gasteiger partial charge in [0.2, 0.25) is 5.62 Å². The van der Waals surface area contributed by atoms with Crippen molar-refractivity contribution in [2.45, 2.75) is 19.4 Å². The molecule has 162 valence electrons. The lowest BCUT2D eigenvalue weighted by molar-refractivity contribution is 0.413. The van der Waals surface area contributed by atoms with Crippen LogP contribution in [0.2, 0.25) is 0 Å². The average molecular weight is 431 g/mol. The van der Waals surface area contributed by atoms with Crippen LogP contribution in [0.25, 0.3) is 11.8 Å². The third-order valence-corrected chi connectivity index (χ3v) is 5.66. The molecule has 0 saturated carbocycles. The lowest BCUT2D eigenvalue weighted by atomic mass is 10.0. The Balaban J connectivity index is 1.57. The summed E-state index contributed by atoms with van der Waals surface area (Å²) in [5.41, 5.74) is 3.84. The Bertz CT molecular complexity index is 1460. The highest BCUT2D eigenvalue weighted by atomic mass is 19.1. The average Bonchev–Trinajstić information content (AvgIpc) is 3.37. The van der Waals surface area contributed by atoms with E-state index in [1.165, 1.54) is 12.1 Å². The van der Waals surface area contributed by atoms with Crippen molar-refractivity contribution in [2.24, 2.45) is 4.99 Å². The number of aryl methyl sites for hydroxylation is 1. The Labute approximate surface area is 183 Å². The zero-order valence-electron chi connectivity index (χ0n) is 17.7. The predicted molar refractivity (Wildman–Crippen MR) is 118 cm³/mol. The quantitative estimate of drug-likeness (QED) is 0.539. The van der Waals surface area contributed by atoms with Crippen LogP contribution in [0.1, 0.15) is 29.3 Å². The standard InChI is InChI=1S/C24H22FN5O2/c1-15-13-29(14-27-15)21-8-3-16(12-22(21)32-2)11-19-23(31)30-20(9-10-26-24(30)28-19)17-4-6-18(25)7-5-17/h3-8,11-14,20H,9-10H2,1-2H3,(H,26,28)/b19-11-/t20-/m0/s1. The number of halogens is 1. The number of imidazole rings is 2. The second-order valence-corrected chi connectivity index (χ2v) is 7.77. The van der Waals surface area contributed by atoms with Crippen LogP contribution in [0, 0.1) is 12.7 Å². The molecule has 1 aliphatic rings. The Morgan fingerprint density at radius 1 is 1.22 bits per heavy atom. The first kappa shape index (κ1) is 20.0. The van der Waals surface area contributed by atoms with Gasteiger partial charge in [-0.2, -0.15) is 0 Å². The number of hydrogen-bond acceptors (Lipinski definition) is 4. The minimum absolute atomic E-state index is 0.161. The van der Waals surface area contributed by atoms with Crippen molar-refractivity contribution in [3.8, 4) is 11.4 Å². The topological polar surface area (TPSA) is 77.2 Å².